The van der Waals surface area contributed by atoms with E-state index in [9.17, 15) is 4.79 Å². The van der Waals surface area contributed by atoms with Crippen LogP contribution in [0.15, 0.2) is 18.3 Å². The third kappa shape index (κ3) is 2.81. The highest BCUT2D eigenvalue weighted by atomic mass is 16.5. The fourth-order valence-corrected chi connectivity index (χ4v) is 1.72. The van der Waals surface area contributed by atoms with Crippen LogP contribution in [0.5, 0.6) is 0 Å². The van der Waals surface area contributed by atoms with Crippen LogP contribution >= 0.6 is 0 Å². The predicted molar refractivity (Wildman–Crippen MR) is 63.2 cm³/mol. The number of aromatic nitrogens is 1. The summed E-state index contributed by atoms with van der Waals surface area (Å²) in [6.07, 6.45) is 2.33. The second-order valence-electron chi connectivity index (χ2n) is 4.45. The van der Waals surface area contributed by atoms with Crippen molar-refractivity contribution >= 4 is 5.91 Å². The van der Waals surface area contributed by atoms with Gasteiger partial charge in [0.25, 0.3) is 0 Å². The highest BCUT2D eigenvalue weighted by molar-refractivity contribution is 5.86. The Kier molecular flexibility index (Phi) is 3.40. The van der Waals surface area contributed by atoms with Gasteiger partial charge in [-0.05, 0) is 25.0 Å². The SMILES string of the molecule is Cc1ccc(CNC(=O)C2(N)CCOC2)cn1. The molecule has 5 nitrogen and oxygen atoms in total. The van der Waals surface area contributed by atoms with Crippen molar-refractivity contribution < 1.29 is 9.53 Å². The van der Waals surface area contributed by atoms with Crippen molar-refractivity contribution in [3.63, 3.8) is 0 Å². The van der Waals surface area contributed by atoms with Crippen LogP contribution < -0.4 is 11.1 Å². The van der Waals surface area contributed by atoms with E-state index in [0.717, 1.165) is 11.3 Å². The first kappa shape index (κ1) is 12.0. The minimum absolute atomic E-state index is 0.157. The van der Waals surface area contributed by atoms with Crippen molar-refractivity contribution in [3.05, 3.63) is 29.6 Å². The third-order valence-corrected chi connectivity index (χ3v) is 2.93. The molecule has 0 saturated carbocycles. The van der Waals surface area contributed by atoms with Crippen LogP contribution in [-0.2, 0) is 16.1 Å². The Bertz CT molecular complexity index is 397. The average Bonchev–Trinajstić information content (AvgIpc) is 2.76. The molecule has 2 heterocycles. The lowest BCUT2D eigenvalue weighted by atomic mass is 9.99. The number of nitrogens with two attached hydrogens (primary N) is 1. The van der Waals surface area contributed by atoms with Crippen LogP contribution in [0.3, 0.4) is 0 Å². The number of rotatable bonds is 3. The maximum atomic E-state index is 11.9. The van der Waals surface area contributed by atoms with Gasteiger partial charge in [0, 0.05) is 25.0 Å². The summed E-state index contributed by atoms with van der Waals surface area (Å²) in [5.74, 6) is -0.157. The summed E-state index contributed by atoms with van der Waals surface area (Å²) < 4.78 is 5.15. The van der Waals surface area contributed by atoms with Crippen LogP contribution in [0, 0.1) is 6.92 Å². The van der Waals surface area contributed by atoms with Crippen molar-refractivity contribution in [3.8, 4) is 0 Å². The number of amides is 1. The van der Waals surface area contributed by atoms with Gasteiger partial charge in [0.05, 0.1) is 6.61 Å². The first-order valence-electron chi connectivity index (χ1n) is 5.67. The summed E-state index contributed by atoms with van der Waals surface area (Å²) >= 11 is 0. The molecule has 3 N–H and O–H groups in total. The Morgan fingerprint density at radius 1 is 1.65 bits per heavy atom. The Morgan fingerprint density at radius 2 is 2.47 bits per heavy atom. The lowest BCUT2D eigenvalue weighted by Crippen LogP contribution is -2.54. The number of aryl methyl sites for hydroxylation is 1. The van der Waals surface area contributed by atoms with Crippen molar-refractivity contribution in [2.24, 2.45) is 5.73 Å². The molecule has 0 bridgehead atoms. The lowest BCUT2D eigenvalue weighted by Gasteiger charge is -2.20. The predicted octanol–water partition coefficient (Wildman–Crippen LogP) is 0.124. The second kappa shape index (κ2) is 4.81. The molecule has 1 amide bonds. The molecule has 0 aromatic carbocycles. The van der Waals surface area contributed by atoms with Crippen LogP contribution in [0.25, 0.3) is 0 Å². The van der Waals surface area contributed by atoms with Crippen LogP contribution in [-0.4, -0.2) is 29.6 Å². The number of pyridine rings is 1. The number of ether oxygens (including phenoxy) is 1. The van der Waals surface area contributed by atoms with Gasteiger partial charge in [0.1, 0.15) is 5.54 Å². The molecular weight excluding hydrogens is 218 g/mol. The molecule has 17 heavy (non-hydrogen) atoms. The zero-order chi connectivity index (χ0) is 12.3. The van der Waals surface area contributed by atoms with Gasteiger partial charge < -0.3 is 15.8 Å². The van der Waals surface area contributed by atoms with Gasteiger partial charge >= 0.3 is 0 Å². The molecule has 1 atom stereocenters. The first-order valence-corrected chi connectivity index (χ1v) is 5.67. The Hall–Kier alpha value is -1.46. The number of carbonyl (C=O) groups is 1. The van der Waals surface area contributed by atoms with Gasteiger partial charge in [0.15, 0.2) is 0 Å². The van der Waals surface area contributed by atoms with Crippen molar-refractivity contribution in [2.45, 2.75) is 25.4 Å². The number of nitrogens with zero attached hydrogens (tertiary/aromatic N) is 1. The average molecular weight is 235 g/mol. The molecule has 1 aliphatic heterocycles. The number of carbonyl (C=O) groups excluding carboxylic acids is 1. The van der Waals surface area contributed by atoms with E-state index in [-0.39, 0.29) is 5.91 Å². The van der Waals surface area contributed by atoms with Gasteiger partial charge in [0.2, 0.25) is 5.91 Å². The summed E-state index contributed by atoms with van der Waals surface area (Å²) in [4.78, 5) is 16.0. The summed E-state index contributed by atoms with van der Waals surface area (Å²) in [6.45, 7) is 3.22. The van der Waals surface area contributed by atoms with E-state index in [0.29, 0.717) is 26.2 Å². The fraction of sp³-hybridized carbons (Fsp3) is 0.500. The molecule has 92 valence electrons. The van der Waals surface area contributed by atoms with Crippen LogP contribution in [0.4, 0.5) is 0 Å². The van der Waals surface area contributed by atoms with Crippen molar-refractivity contribution in [2.75, 3.05) is 13.2 Å². The van der Waals surface area contributed by atoms with E-state index in [4.69, 9.17) is 10.5 Å². The minimum atomic E-state index is -0.863. The van der Waals surface area contributed by atoms with E-state index in [2.05, 4.69) is 10.3 Å². The molecule has 1 aromatic heterocycles. The molecule has 0 aliphatic carbocycles. The lowest BCUT2D eigenvalue weighted by molar-refractivity contribution is -0.126. The summed E-state index contributed by atoms with van der Waals surface area (Å²) in [7, 11) is 0. The Labute approximate surface area is 100 Å². The smallest absolute Gasteiger partial charge is 0.242 e. The molecule has 2 rings (SSSR count). The van der Waals surface area contributed by atoms with E-state index < -0.39 is 5.54 Å². The van der Waals surface area contributed by atoms with E-state index in [1.807, 2.05) is 19.1 Å². The summed E-state index contributed by atoms with van der Waals surface area (Å²) in [6, 6.07) is 3.86. The summed E-state index contributed by atoms with van der Waals surface area (Å²) in [5, 5.41) is 2.82. The zero-order valence-corrected chi connectivity index (χ0v) is 9.90. The fourth-order valence-electron chi connectivity index (χ4n) is 1.72. The largest absolute Gasteiger partial charge is 0.379 e. The van der Waals surface area contributed by atoms with Gasteiger partial charge in [-0.2, -0.15) is 0 Å². The van der Waals surface area contributed by atoms with E-state index in [1.54, 1.807) is 6.20 Å². The maximum absolute atomic E-state index is 11.9. The molecule has 1 aromatic rings. The molecule has 0 spiro atoms. The highest BCUT2D eigenvalue weighted by Gasteiger charge is 2.37. The van der Waals surface area contributed by atoms with Gasteiger partial charge in [-0.3, -0.25) is 9.78 Å². The molecule has 0 radical (unpaired) electrons. The topological polar surface area (TPSA) is 77.2 Å². The van der Waals surface area contributed by atoms with Crippen molar-refractivity contribution in [1.82, 2.24) is 10.3 Å². The van der Waals surface area contributed by atoms with Crippen LogP contribution in [0.1, 0.15) is 17.7 Å². The van der Waals surface area contributed by atoms with Gasteiger partial charge in [-0.25, -0.2) is 0 Å². The first-order chi connectivity index (χ1) is 8.10. The van der Waals surface area contributed by atoms with Gasteiger partial charge in [-0.15, -0.1) is 0 Å². The highest BCUT2D eigenvalue weighted by Crippen LogP contribution is 2.15. The second-order valence-corrected chi connectivity index (χ2v) is 4.45. The molecule has 1 aliphatic rings. The third-order valence-electron chi connectivity index (χ3n) is 2.93. The van der Waals surface area contributed by atoms with E-state index in [1.165, 1.54) is 0 Å². The Morgan fingerprint density at radius 3 is 3.06 bits per heavy atom. The molecule has 1 unspecified atom stereocenters. The van der Waals surface area contributed by atoms with Crippen LogP contribution in [0.2, 0.25) is 0 Å². The Balaban J connectivity index is 1.89. The van der Waals surface area contributed by atoms with Gasteiger partial charge in [-0.1, -0.05) is 6.07 Å². The molecule has 1 saturated heterocycles. The maximum Gasteiger partial charge on any atom is 0.242 e. The minimum Gasteiger partial charge on any atom is -0.379 e. The molecule has 5 heteroatoms. The van der Waals surface area contributed by atoms with Crippen molar-refractivity contribution in [1.29, 1.82) is 0 Å². The standard InChI is InChI=1S/C12H17N3O2/c1-9-2-3-10(6-14-9)7-15-11(16)12(13)4-5-17-8-12/h2-3,6H,4-5,7-8,13H2,1H3,(H,15,16). The molecule has 1 fully saturated rings. The monoisotopic (exact) mass is 235 g/mol. The zero-order valence-electron chi connectivity index (χ0n) is 9.90. The normalized spacial score (nSPS) is 23.6. The quantitative estimate of drug-likeness (QED) is 0.780. The summed E-state index contributed by atoms with van der Waals surface area (Å²) in [5.41, 5.74) is 7.00. The number of nitrogens with one attached hydrogen (secondary N) is 1. The van der Waals surface area contributed by atoms with E-state index >= 15 is 0 Å². The molecular formula is C12H17N3O2. The number of hydrogen-bond acceptors (Lipinski definition) is 4. The number of hydrogen-bond donors (Lipinski definition) is 2.